The molecule has 22 heavy (non-hydrogen) atoms. The van der Waals surface area contributed by atoms with E-state index in [0.717, 1.165) is 4.90 Å². The normalized spacial score (nSPS) is 23.4. The number of carbonyl (C=O) groups is 4. The van der Waals surface area contributed by atoms with Crippen molar-refractivity contribution in [2.24, 2.45) is 0 Å². The highest BCUT2D eigenvalue weighted by molar-refractivity contribution is 8.00. The van der Waals surface area contributed by atoms with Crippen molar-refractivity contribution in [2.75, 3.05) is 26.5 Å². The van der Waals surface area contributed by atoms with Crippen molar-refractivity contribution in [2.45, 2.75) is 11.4 Å². The topological polar surface area (TPSA) is 116 Å². The average molecular weight is 329 g/mol. The molecule has 9 nitrogen and oxygen atoms in total. The highest BCUT2D eigenvalue weighted by Gasteiger charge is 2.53. The summed E-state index contributed by atoms with van der Waals surface area (Å²) >= 11 is 1.31. The van der Waals surface area contributed by atoms with Crippen molar-refractivity contribution in [1.82, 2.24) is 15.1 Å². The van der Waals surface area contributed by atoms with Gasteiger partial charge in [0, 0.05) is 25.4 Å². The molecular formula is C12H15N3O6S. The molecule has 1 unspecified atom stereocenters. The van der Waals surface area contributed by atoms with E-state index in [-0.39, 0.29) is 12.3 Å². The van der Waals surface area contributed by atoms with Crippen LogP contribution in [0.25, 0.3) is 0 Å². The predicted molar refractivity (Wildman–Crippen MR) is 75.8 cm³/mol. The summed E-state index contributed by atoms with van der Waals surface area (Å²) in [6, 6.07) is -0.720. The van der Waals surface area contributed by atoms with Crippen molar-refractivity contribution in [3.8, 4) is 0 Å². The number of fused-ring (bicyclic) bond motifs is 1. The molecular weight excluding hydrogens is 314 g/mol. The van der Waals surface area contributed by atoms with Gasteiger partial charge in [0.25, 0.3) is 5.91 Å². The van der Waals surface area contributed by atoms with Crippen LogP contribution >= 0.6 is 11.8 Å². The zero-order valence-corrected chi connectivity index (χ0v) is 12.8. The van der Waals surface area contributed by atoms with Crippen LogP contribution in [0.15, 0.2) is 11.3 Å². The van der Waals surface area contributed by atoms with E-state index in [1.54, 1.807) is 0 Å². The molecule has 2 atom stereocenters. The third-order valence-electron chi connectivity index (χ3n) is 3.23. The Labute approximate surface area is 130 Å². The number of carboxylic acids is 1. The van der Waals surface area contributed by atoms with E-state index >= 15 is 0 Å². The summed E-state index contributed by atoms with van der Waals surface area (Å²) < 4.78 is 4.98. The van der Waals surface area contributed by atoms with Gasteiger partial charge in [0.15, 0.2) is 0 Å². The lowest BCUT2D eigenvalue weighted by Crippen LogP contribution is -2.69. The highest BCUT2D eigenvalue weighted by Crippen LogP contribution is 2.40. The number of amides is 3. The van der Waals surface area contributed by atoms with Crippen molar-refractivity contribution >= 4 is 36.1 Å². The van der Waals surface area contributed by atoms with Crippen LogP contribution in [-0.4, -0.2) is 77.2 Å². The monoisotopic (exact) mass is 329 g/mol. The molecule has 0 radical (unpaired) electrons. The first-order chi connectivity index (χ1) is 10.4. The van der Waals surface area contributed by atoms with E-state index in [2.05, 4.69) is 5.32 Å². The minimum absolute atomic E-state index is 0.177. The summed E-state index contributed by atoms with van der Waals surface area (Å²) in [4.78, 5) is 47.6. The Kier molecular flexibility index (Phi) is 4.59. The van der Waals surface area contributed by atoms with E-state index in [0.29, 0.717) is 17.7 Å². The van der Waals surface area contributed by atoms with Crippen LogP contribution < -0.4 is 5.32 Å². The largest absolute Gasteiger partial charge is 0.477 e. The maximum atomic E-state index is 12.0. The first kappa shape index (κ1) is 16.1. The number of β-lactam (4-membered cyclic amide) rings is 1. The van der Waals surface area contributed by atoms with Gasteiger partial charge < -0.3 is 20.1 Å². The van der Waals surface area contributed by atoms with Crippen LogP contribution in [0.3, 0.4) is 0 Å². The van der Waals surface area contributed by atoms with E-state index in [1.165, 1.54) is 30.8 Å². The van der Waals surface area contributed by atoms with Crippen LogP contribution in [0.4, 0.5) is 4.79 Å². The quantitative estimate of drug-likeness (QED) is 0.493. The fourth-order valence-corrected chi connectivity index (χ4v) is 3.50. The highest BCUT2D eigenvalue weighted by atomic mass is 32.2. The van der Waals surface area contributed by atoms with Gasteiger partial charge in [0.2, 0.25) is 6.41 Å². The molecule has 0 saturated carbocycles. The average Bonchev–Trinajstić information content (AvgIpc) is 2.48. The summed E-state index contributed by atoms with van der Waals surface area (Å²) in [5, 5.41) is 11.3. The molecule has 2 heterocycles. The lowest BCUT2D eigenvalue weighted by molar-refractivity contribution is -0.149. The second-order valence-corrected chi connectivity index (χ2v) is 5.98. The molecule has 1 saturated heterocycles. The van der Waals surface area contributed by atoms with E-state index in [4.69, 9.17) is 4.74 Å². The van der Waals surface area contributed by atoms with Gasteiger partial charge in [-0.05, 0) is 0 Å². The minimum atomic E-state index is -1.26. The number of hydrogen-bond donors (Lipinski definition) is 2. The molecule has 2 aliphatic rings. The Hall–Kier alpha value is -2.23. The number of carboxylic acid groups (broad SMARTS) is 1. The first-order valence-electron chi connectivity index (χ1n) is 6.32. The number of hydrogen-bond acceptors (Lipinski definition) is 6. The standard InChI is InChI=1S/C12H15N3O6S/c1-14(2)12(20)21-3-6-4-22-10-7(13-5-16)9(17)15(10)8(6)11(18)19/h5,7,10H,3-4H2,1-2H3,(H,13,16)(H,18,19)/t7?,10-/m1/s1. The summed E-state index contributed by atoms with van der Waals surface area (Å²) in [5.74, 6) is -1.45. The number of rotatable bonds is 5. The molecule has 0 bridgehead atoms. The van der Waals surface area contributed by atoms with Crippen LogP contribution in [0, 0.1) is 0 Å². The molecule has 3 amide bonds. The maximum Gasteiger partial charge on any atom is 0.409 e. The SMILES string of the molecule is CN(C)C(=O)OCC1=C(C(=O)O)N2C(=O)C(NC=O)[C@H]2SC1. The van der Waals surface area contributed by atoms with E-state index in [1.807, 2.05) is 0 Å². The zero-order chi connectivity index (χ0) is 16.4. The zero-order valence-electron chi connectivity index (χ0n) is 11.9. The Morgan fingerprint density at radius 3 is 2.77 bits per heavy atom. The van der Waals surface area contributed by atoms with Crippen LogP contribution in [0.1, 0.15) is 0 Å². The number of nitrogens with zero attached hydrogens (tertiary/aromatic N) is 2. The van der Waals surface area contributed by atoms with Crippen molar-refractivity contribution in [3.05, 3.63) is 11.3 Å². The molecule has 2 aliphatic heterocycles. The van der Waals surface area contributed by atoms with Gasteiger partial charge in [-0.3, -0.25) is 14.5 Å². The Morgan fingerprint density at radius 1 is 1.55 bits per heavy atom. The molecule has 120 valence electrons. The molecule has 0 spiro atoms. The second-order valence-electron chi connectivity index (χ2n) is 4.88. The molecule has 0 aromatic heterocycles. The molecule has 0 aromatic carbocycles. The number of carbonyl (C=O) groups excluding carboxylic acids is 3. The number of thioether (sulfide) groups is 1. The van der Waals surface area contributed by atoms with Gasteiger partial charge in [-0.1, -0.05) is 0 Å². The Balaban J connectivity index is 2.18. The smallest absolute Gasteiger partial charge is 0.409 e. The maximum absolute atomic E-state index is 12.0. The third-order valence-corrected chi connectivity index (χ3v) is 4.57. The molecule has 10 heteroatoms. The van der Waals surface area contributed by atoms with Crippen molar-refractivity contribution in [3.63, 3.8) is 0 Å². The third kappa shape index (κ3) is 2.73. The van der Waals surface area contributed by atoms with Gasteiger partial charge in [-0.25, -0.2) is 9.59 Å². The summed E-state index contributed by atoms with van der Waals surface area (Å²) in [6.45, 7) is -0.200. The summed E-state index contributed by atoms with van der Waals surface area (Å²) in [7, 11) is 3.02. The fourth-order valence-electron chi connectivity index (χ4n) is 2.17. The molecule has 2 rings (SSSR count). The second kappa shape index (κ2) is 6.26. The Bertz CT molecular complexity index is 561. The van der Waals surface area contributed by atoms with Crippen LogP contribution in [0.5, 0.6) is 0 Å². The van der Waals surface area contributed by atoms with E-state index < -0.39 is 29.4 Å². The molecule has 0 aliphatic carbocycles. The number of nitrogens with one attached hydrogen (secondary N) is 1. The molecule has 0 aromatic rings. The van der Waals surface area contributed by atoms with Gasteiger partial charge in [-0.15, -0.1) is 11.8 Å². The van der Waals surface area contributed by atoms with Crippen LogP contribution in [0.2, 0.25) is 0 Å². The Morgan fingerprint density at radius 2 is 2.23 bits per heavy atom. The van der Waals surface area contributed by atoms with Gasteiger partial charge in [0.05, 0.1) is 0 Å². The fraction of sp³-hybridized carbons (Fsp3) is 0.500. The lowest BCUT2D eigenvalue weighted by Gasteiger charge is -2.49. The summed E-state index contributed by atoms with van der Waals surface area (Å²) in [5.41, 5.74) is 0.172. The first-order valence-corrected chi connectivity index (χ1v) is 7.37. The lowest BCUT2D eigenvalue weighted by atomic mass is 10.0. The summed E-state index contributed by atoms with van der Waals surface area (Å²) in [6.07, 6.45) is -0.182. The molecule has 2 N–H and O–H groups in total. The van der Waals surface area contributed by atoms with Gasteiger partial charge in [-0.2, -0.15) is 0 Å². The van der Waals surface area contributed by atoms with Crippen molar-refractivity contribution in [1.29, 1.82) is 0 Å². The number of ether oxygens (including phenoxy) is 1. The van der Waals surface area contributed by atoms with Crippen LogP contribution in [-0.2, 0) is 19.1 Å². The van der Waals surface area contributed by atoms with Gasteiger partial charge in [0.1, 0.15) is 23.7 Å². The molecule has 1 fully saturated rings. The van der Waals surface area contributed by atoms with Crippen molar-refractivity contribution < 1.29 is 29.0 Å². The predicted octanol–water partition coefficient (Wildman–Crippen LogP) is -0.947. The minimum Gasteiger partial charge on any atom is -0.477 e. The number of aliphatic carboxylic acids is 1. The van der Waals surface area contributed by atoms with Gasteiger partial charge >= 0.3 is 12.1 Å². The van der Waals surface area contributed by atoms with E-state index in [9.17, 15) is 24.3 Å².